The van der Waals surface area contributed by atoms with Crippen LogP contribution in [-0.4, -0.2) is 26.6 Å². The zero-order valence-corrected chi connectivity index (χ0v) is 13.3. The summed E-state index contributed by atoms with van der Waals surface area (Å²) in [5.41, 5.74) is 0.658. The fraction of sp³-hybridized carbons (Fsp3) is 0.188. The van der Waals surface area contributed by atoms with Crippen molar-refractivity contribution in [2.75, 3.05) is 24.9 Å². The summed E-state index contributed by atoms with van der Waals surface area (Å²) in [5, 5.41) is 5.06. The predicted molar refractivity (Wildman–Crippen MR) is 85.3 cm³/mol. The molecule has 0 atom stereocenters. The first-order valence-corrected chi connectivity index (χ1v) is 6.96. The molecule has 25 heavy (non-hydrogen) atoms. The Labute approximate surface area is 141 Å². The van der Waals surface area contributed by atoms with Gasteiger partial charge in [-0.2, -0.15) is 0 Å². The Morgan fingerprint density at radius 2 is 1.56 bits per heavy atom. The van der Waals surface area contributed by atoms with Crippen LogP contribution in [0.4, 0.5) is 29.3 Å². The molecule has 9 heteroatoms. The topological polar surface area (TPSA) is 68.8 Å². The average Bonchev–Trinajstić information content (AvgIpc) is 2.55. The van der Waals surface area contributed by atoms with Crippen molar-refractivity contribution in [2.24, 2.45) is 0 Å². The van der Waals surface area contributed by atoms with Crippen molar-refractivity contribution < 1.29 is 32.2 Å². The normalized spacial score (nSPS) is 10.8. The van der Waals surface area contributed by atoms with E-state index >= 15 is 0 Å². The zero-order chi connectivity index (χ0) is 18.4. The molecule has 2 rings (SSSR count). The van der Waals surface area contributed by atoms with Gasteiger partial charge in [-0.3, -0.25) is 0 Å². The van der Waals surface area contributed by atoms with Crippen LogP contribution in [0.3, 0.4) is 0 Å². The maximum Gasteiger partial charge on any atom is 0.573 e. The van der Waals surface area contributed by atoms with E-state index in [1.165, 1.54) is 26.4 Å². The molecule has 0 spiro atoms. The Bertz CT molecular complexity index is 733. The fourth-order valence-electron chi connectivity index (χ4n) is 1.94. The van der Waals surface area contributed by atoms with Crippen LogP contribution in [0, 0.1) is 0 Å². The van der Waals surface area contributed by atoms with E-state index in [0.29, 0.717) is 17.2 Å². The molecule has 0 radical (unpaired) electrons. The third kappa shape index (κ3) is 5.48. The van der Waals surface area contributed by atoms with Crippen LogP contribution in [0.15, 0.2) is 42.5 Å². The average molecular weight is 356 g/mol. The van der Waals surface area contributed by atoms with Crippen LogP contribution < -0.4 is 24.8 Å². The van der Waals surface area contributed by atoms with Gasteiger partial charge in [0.1, 0.15) is 17.2 Å². The number of hydrogen-bond acceptors (Lipinski definition) is 4. The van der Waals surface area contributed by atoms with Gasteiger partial charge in [-0.15, -0.1) is 13.2 Å². The fourth-order valence-corrected chi connectivity index (χ4v) is 1.94. The summed E-state index contributed by atoms with van der Waals surface area (Å²) in [5.74, 6) is 0.558. The molecule has 2 aromatic carbocycles. The van der Waals surface area contributed by atoms with Crippen molar-refractivity contribution >= 4 is 17.4 Å². The smallest absolute Gasteiger partial charge is 0.497 e. The van der Waals surface area contributed by atoms with Crippen LogP contribution in [0.1, 0.15) is 0 Å². The summed E-state index contributed by atoms with van der Waals surface area (Å²) < 4.78 is 50.3. The molecule has 0 aromatic heterocycles. The molecule has 2 aromatic rings. The molecule has 0 aliphatic heterocycles. The molecular weight excluding hydrogens is 341 g/mol. The summed E-state index contributed by atoms with van der Waals surface area (Å²) in [4.78, 5) is 12.0. The van der Waals surface area contributed by atoms with Gasteiger partial charge in [0, 0.05) is 11.8 Å². The summed E-state index contributed by atoms with van der Waals surface area (Å²) in [6, 6.07) is 9.01. The van der Waals surface area contributed by atoms with Crippen molar-refractivity contribution in [3.8, 4) is 17.2 Å². The maximum absolute atomic E-state index is 12.1. The Morgan fingerprint density at radius 1 is 0.920 bits per heavy atom. The van der Waals surface area contributed by atoms with Crippen molar-refractivity contribution in [3.05, 3.63) is 42.5 Å². The van der Waals surface area contributed by atoms with Crippen molar-refractivity contribution in [2.45, 2.75) is 6.36 Å². The minimum atomic E-state index is -4.77. The standard InChI is InChI=1S/C16H15F3N2O4/c1-23-12-7-8-14(24-2)13(9-12)21-15(22)20-10-3-5-11(6-4-10)25-16(17,18)19/h3-9H,1-2H3,(H2,20,21,22). The largest absolute Gasteiger partial charge is 0.573 e. The number of nitrogens with one attached hydrogen (secondary N) is 2. The number of methoxy groups -OCH3 is 2. The second-order valence-electron chi connectivity index (χ2n) is 4.72. The number of ether oxygens (including phenoxy) is 3. The van der Waals surface area contributed by atoms with E-state index in [9.17, 15) is 18.0 Å². The van der Waals surface area contributed by atoms with Gasteiger partial charge in [0.05, 0.1) is 19.9 Å². The number of carbonyl (C=O) groups excluding carboxylic acids is 1. The molecule has 0 saturated carbocycles. The van der Waals surface area contributed by atoms with Gasteiger partial charge in [0.2, 0.25) is 0 Å². The van der Waals surface area contributed by atoms with Crippen LogP contribution in [0.2, 0.25) is 0 Å². The van der Waals surface area contributed by atoms with Crippen LogP contribution in [0.25, 0.3) is 0 Å². The van der Waals surface area contributed by atoms with Crippen molar-refractivity contribution in [3.63, 3.8) is 0 Å². The van der Waals surface area contributed by atoms with E-state index in [4.69, 9.17) is 9.47 Å². The monoisotopic (exact) mass is 356 g/mol. The van der Waals surface area contributed by atoms with Crippen LogP contribution in [-0.2, 0) is 0 Å². The van der Waals surface area contributed by atoms with Crippen LogP contribution >= 0.6 is 0 Å². The van der Waals surface area contributed by atoms with Gasteiger partial charge in [0.25, 0.3) is 0 Å². The Kier molecular flexibility index (Phi) is 5.58. The third-order valence-corrected chi connectivity index (χ3v) is 3.00. The highest BCUT2D eigenvalue weighted by Crippen LogP contribution is 2.29. The lowest BCUT2D eigenvalue weighted by Gasteiger charge is -2.13. The van der Waals surface area contributed by atoms with E-state index in [-0.39, 0.29) is 11.4 Å². The maximum atomic E-state index is 12.1. The number of benzene rings is 2. The van der Waals surface area contributed by atoms with Crippen molar-refractivity contribution in [1.29, 1.82) is 0 Å². The second kappa shape index (κ2) is 7.65. The summed E-state index contributed by atoms with van der Waals surface area (Å²) in [6.45, 7) is 0. The van der Waals surface area contributed by atoms with Gasteiger partial charge in [-0.1, -0.05) is 0 Å². The first kappa shape index (κ1) is 18.2. The first-order chi connectivity index (χ1) is 11.8. The van der Waals surface area contributed by atoms with E-state index in [1.807, 2.05) is 0 Å². The molecule has 0 unspecified atom stereocenters. The van der Waals surface area contributed by atoms with E-state index in [0.717, 1.165) is 12.1 Å². The molecule has 2 amide bonds. The number of anilines is 2. The molecule has 0 aliphatic rings. The van der Waals surface area contributed by atoms with E-state index < -0.39 is 12.4 Å². The Morgan fingerprint density at radius 3 is 2.12 bits per heavy atom. The van der Waals surface area contributed by atoms with Gasteiger partial charge >= 0.3 is 12.4 Å². The van der Waals surface area contributed by atoms with Gasteiger partial charge in [-0.05, 0) is 36.4 Å². The number of halogens is 3. The van der Waals surface area contributed by atoms with Crippen molar-refractivity contribution in [1.82, 2.24) is 0 Å². The summed E-state index contributed by atoms with van der Waals surface area (Å²) >= 11 is 0. The molecule has 134 valence electrons. The van der Waals surface area contributed by atoms with E-state index in [2.05, 4.69) is 15.4 Å². The molecule has 0 aliphatic carbocycles. The van der Waals surface area contributed by atoms with Gasteiger partial charge in [0.15, 0.2) is 0 Å². The number of urea groups is 1. The number of carbonyl (C=O) groups is 1. The summed E-state index contributed by atoms with van der Waals surface area (Å²) in [6.07, 6.45) is -4.77. The third-order valence-electron chi connectivity index (χ3n) is 3.00. The van der Waals surface area contributed by atoms with Gasteiger partial charge < -0.3 is 24.8 Å². The van der Waals surface area contributed by atoms with Gasteiger partial charge in [-0.25, -0.2) is 4.79 Å². The number of hydrogen-bond donors (Lipinski definition) is 2. The SMILES string of the molecule is COc1ccc(OC)c(NC(=O)Nc2ccc(OC(F)(F)F)cc2)c1. The lowest BCUT2D eigenvalue weighted by molar-refractivity contribution is -0.274. The van der Waals surface area contributed by atoms with Crippen LogP contribution in [0.5, 0.6) is 17.2 Å². The lowest BCUT2D eigenvalue weighted by Crippen LogP contribution is -2.20. The molecule has 0 saturated heterocycles. The molecule has 0 bridgehead atoms. The quantitative estimate of drug-likeness (QED) is 0.841. The summed E-state index contributed by atoms with van der Waals surface area (Å²) in [7, 11) is 2.93. The highest BCUT2D eigenvalue weighted by Gasteiger charge is 2.30. The lowest BCUT2D eigenvalue weighted by atomic mass is 10.2. The number of alkyl halides is 3. The molecule has 6 nitrogen and oxygen atoms in total. The number of amides is 2. The Hall–Kier alpha value is -3.10. The molecule has 2 N–H and O–H groups in total. The first-order valence-electron chi connectivity index (χ1n) is 6.96. The minimum absolute atomic E-state index is 0.286. The zero-order valence-electron chi connectivity index (χ0n) is 13.3. The minimum Gasteiger partial charge on any atom is -0.497 e. The second-order valence-corrected chi connectivity index (χ2v) is 4.72. The molecule has 0 heterocycles. The highest BCUT2D eigenvalue weighted by atomic mass is 19.4. The predicted octanol–water partition coefficient (Wildman–Crippen LogP) is 4.25. The van der Waals surface area contributed by atoms with E-state index in [1.54, 1.807) is 18.2 Å². The number of rotatable bonds is 5. The highest BCUT2D eigenvalue weighted by molar-refractivity contribution is 6.00. The molecular formula is C16H15F3N2O4. The molecule has 0 fully saturated rings. The Balaban J connectivity index is 2.03.